The summed E-state index contributed by atoms with van der Waals surface area (Å²) in [6.07, 6.45) is 0. The van der Waals surface area contributed by atoms with Crippen LogP contribution in [0.25, 0.3) is 53.2 Å². The van der Waals surface area contributed by atoms with Crippen LogP contribution in [0.5, 0.6) is 0 Å². The summed E-state index contributed by atoms with van der Waals surface area (Å²) in [4.78, 5) is 0. The quantitative estimate of drug-likeness (QED) is 0.292. The fraction of sp³-hybridized carbons (Fsp3) is 0. The first-order chi connectivity index (χ1) is 18.4. The Bertz CT molecular complexity index is 2050. The van der Waals surface area contributed by atoms with Crippen molar-refractivity contribution >= 4 is 64.8 Å². The summed E-state index contributed by atoms with van der Waals surface area (Å²) in [5, 5.41) is 7.50. The van der Waals surface area contributed by atoms with E-state index in [0.29, 0.717) is 22.1 Å². The molecule has 3 heteroatoms. The van der Waals surface area contributed by atoms with E-state index in [4.69, 9.17) is 11.3 Å². The number of fused-ring (bicyclic) bond motifs is 6. The molecule has 0 spiro atoms. The molecule has 7 aromatic rings. The Kier molecular flexibility index (Phi) is 3.10. The van der Waals surface area contributed by atoms with Gasteiger partial charge in [0.25, 0.3) is 0 Å². The van der Waals surface area contributed by atoms with Gasteiger partial charge in [-0.1, -0.05) is 66.6 Å². The van der Waals surface area contributed by atoms with Gasteiger partial charge in [0.2, 0.25) is 0 Å². The van der Waals surface area contributed by atoms with Crippen molar-refractivity contribution in [2.45, 2.75) is 0 Å². The fourth-order valence-electron chi connectivity index (χ4n) is 4.47. The van der Waals surface area contributed by atoms with Crippen LogP contribution < -0.4 is 5.32 Å². The molecule has 1 N–H and O–H groups in total. The molecule has 0 saturated heterocycles. The van der Waals surface area contributed by atoms with Crippen LogP contribution in [0.3, 0.4) is 0 Å². The predicted octanol–water partition coefficient (Wildman–Crippen LogP) is 9.36. The van der Waals surface area contributed by atoms with Crippen molar-refractivity contribution in [2.24, 2.45) is 0 Å². The first-order valence-electron chi connectivity index (χ1n) is 13.1. The topological polar surface area (TPSA) is 25.2 Å². The van der Waals surface area contributed by atoms with Crippen molar-refractivity contribution in [1.29, 1.82) is 0 Å². The number of thiophene rings is 1. The van der Waals surface area contributed by atoms with E-state index in [9.17, 15) is 0 Å². The molecule has 0 aliphatic rings. The van der Waals surface area contributed by atoms with Crippen molar-refractivity contribution in [3.8, 4) is 11.1 Å². The number of hydrogen-bond donors (Lipinski definition) is 1. The minimum atomic E-state index is -0.407. The van der Waals surface area contributed by atoms with Crippen LogP contribution in [-0.2, 0) is 0 Å². The first-order valence-corrected chi connectivity index (χ1v) is 11.4. The molecule has 0 atom stereocenters. The third-order valence-corrected chi connectivity index (χ3v) is 7.07. The van der Waals surface area contributed by atoms with Gasteiger partial charge < -0.3 is 9.73 Å². The highest BCUT2D eigenvalue weighted by molar-refractivity contribution is 7.25. The number of nitrogens with one attached hydrogen (secondary N) is 1. The molecule has 7 rings (SSSR count). The maximum absolute atomic E-state index is 8.49. The average molecular weight is 447 g/mol. The van der Waals surface area contributed by atoms with Gasteiger partial charge in [0, 0.05) is 42.3 Å². The van der Waals surface area contributed by atoms with Gasteiger partial charge in [0.05, 0.1) is 6.85 Å². The van der Waals surface area contributed by atoms with Gasteiger partial charge in [0.1, 0.15) is 11.2 Å². The van der Waals surface area contributed by atoms with Crippen molar-refractivity contribution in [3.05, 3.63) is 109 Å². The molecular weight excluding hydrogens is 422 g/mol. The number of hydrogen-bond acceptors (Lipinski definition) is 3. The summed E-state index contributed by atoms with van der Waals surface area (Å²) >= 11 is 1.76. The number of benzene rings is 5. The van der Waals surface area contributed by atoms with Gasteiger partial charge in [-0.25, -0.2) is 0 Å². The van der Waals surface area contributed by atoms with Crippen LogP contribution >= 0.6 is 11.3 Å². The molecular formula is C30H19NOS. The molecule has 0 amide bonds. The summed E-state index contributed by atoms with van der Waals surface area (Å²) in [5.41, 5.74) is 3.78. The number of anilines is 2. The lowest BCUT2D eigenvalue weighted by molar-refractivity contribution is 0.669. The lowest BCUT2D eigenvalue weighted by Crippen LogP contribution is -1.89. The summed E-state index contributed by atoms with van der Waals surface area (Å²) in [6.45, 7) is 0. The van der Waals surface area contributed by atoms with Gasteiger partial charge >= 0.3 is 0 Å². The Morgan fingerprint density at radius 2 is 1.48 bits per heavy atom. The molecule has 5 aromatic carbocycles. The van der Waals surface area contributed by atoms with Gasteiger partial charge in [0.15, 0.2) is 0 Å². The van der Waals surface area contributed by atoms with E-state index in [-0.39, 0.29) is 29.7 Å². The largest absolute Gasteiger partial charge is 0.456 e. The average Bonchev–Trinajstić information content (AvgIpc) is 3.49. The van der Waals surface area contributed by atoms with Crippen molar-refractivity contribution in [3.63, 3.8) is 0 Å². The molecule has 0 saturated carbocycles. The Balaban J connectivity index is 1.38. The summed E-state index contributed by atoms with van der Waals surface area (Å²) in [5.74, 6) is 0. The third-order valence-electron chi connectivity index (χ3n) is 5.93. The van der Waals surface area contributed by atoms with E-state index >= 15 is 0 Å². The van der Waals surface area contributed by atoms with E-state index < -0.39 is 6.04 Å². The minimum Gasteiger partial charge on any atom is -0.456 e. The maximum atomic E-state index is 8.49. The van der Waals surface area contributed by atoms with Crippen LogP contribution in [0.15, 0.2) is 113 Å². The van der Waals surface area contributed by atoms with Crippen LogP contribution in [0.2, 0.25) is 0 Å². The second-order valence-electron chi connectivity index (χ2n) is 7.93. The second-order valence-corrected chi connectivity index (χ2v) is 9.01. The fourth-order valence-corrected chi connectivity index (χ4v) is 5.61. The van der Waals surface area contributed by atoms with Crippen LogP contribution in [0.1, 0.15) is 6.85 Å². The molecule has 0 unspecified atom stereocenters. The van der Waals surface area contributed by atoms with Crippen molar-refractivity contribution < 1.29 is 11.3 Å². The van der Waals surface area contributed by atoms with Gasteiger partial charge in [-0.15, -0.1) is 11.3 Å². The van der Waals surface area contributed by atoms with Crippen LogP contribution in [0, 0.1) is 0 Å². The van der Waals surface area contributed by atoms with Crippen LogP contribution in [0.4, 0.5) is 11.4 Å². The van der Waals surface area contributed by atoms with E-state index in [0.717, 1.165) is 16.8 Å². The van der Waals surface area contributed by atoms with E-state index in [1.165, 1.54) is 20.2 Å². The highest BCUT2D eigenvalue weighted by Crippen LogP contribution is 2.39. The molecule has 0 fully saturated rings. The monoisotopic (exact) mass is 446 g/mol. The lowest BCUT2D eigenvalue weighted by Gasteiger charge is -2.07. The molecule has 0 bridgehead atoms. The Hall–Kier alpha value is -4.08. The SMILES string of the molecule is [2H]c1c([2H])c([2H])c(-c2cccc3oc4ccc(Nc5ccc6c(c5)sc5ccccc56)cc4c23)c([2H])c1[2H]. The Labute approximate surface area is 201 Å². The molecule has 0 aliphatic carbocycles. The molecule has 156 valence electrons. The summed E-state index contributed by atoms with van der Waals surface area (Å²) in [7, 11) is 0. The van der Waals surface area contributed by atoms with Gasteiger partial charge in [-0.05, 0) is 53.6 Å². The predicted molar refractivity (Wildman–Crippen MR) is 142 cm³/mol. The lowest BCUT2D eigenvalue weighted by atomic mass is 9.99. The zero-order valence-corrected chi connectivity index (χ0v) is 18.1. The number of furan rings is 1. The smallest absolute Gasteiger partial charge is 0.136 e. The molecule has 33 heavy (non-hydrogen) atoms. The summed E-state index contributed by atoms with van der Waals surface area (Å²) < 4.78 is 49.8. The molecule has 2 nitrogen and oxygen atoms in total. The molecule has 2 heterocycles. The van der Waals surface area contributed by atoms with Crippen molar-refractivity contribution in [1.82, 2.24) is 0 Å². The zero-order chi connectivity index (χ0) is 26.1. The van der Waals surface area contributed by atoms with Crippen molar-refractivity contribution in [2.75, 3.05) is 5.32 Å². The van der Waals surface area contributed by atoms with E-state index in [1.54, 1.807) is 23.5 Å². The molecule has 2 aromatic heterocycles. The minimum absolute atomic E-state index is 0.165. The normalized spacial score (nSPS) is 13.8. The highest BCUT2D eigenvalue weighted by Gasteiger charge is 2.13. The van der Waals surface area contributed by atoms with Crippen LogP contribution in [-0.4, -0.2) is 0 Å². The highest BCUT2D eigenvalue weighted by atomic mass is 32.1. The molecule has 0 aliphatic heterocycles. The second kappa shape index (κ2) is 7.22. The third kappa shape index (κ3) is 3.01. The summed E-state index contributed by atoms with van der Waals surface area (Å²) in [6, 6.07) is 24.4. The first kappa shape index (κ1) is 14.1. The zero-order valence-electron chi connectivity index (χ0n) is 22.3. The van der Waals surface area contributed by atoms with Gasteiger partial charge in [-0.3, -0.25) is 0 Å². The van der Waals surface area contributed by atoms with Gasteiger partial charge in [-0.2, -0.15) is 0 Å². The standard InChI is InChI=1S/C30H19NOS/c1-2-7-19(8-3-1)22-10-6-11-27-30(22)25-17-20(14-16-26(25)32-27)31-21-13-15-24-23-9-4-5-12-28(23)33-29(24)18-21/h1-18,31H/i1D,2D,3D,7D,8D. The van der Waals surface area contributed by atoms with E-state index in [2.05, 4.69) is 47.8 Å². The Morgan fingerprint density at radius 3 is 2.42 bits per heavy atom. The number of rotatable bonds is 3. The Morgan fingerprint density at radius 1 is 0.667 bits per heavy atom. The van der Waals surface area contributed by atoms with E-state index in [1.807, 2.05) is 24.3 Å². The maximum Gasteiger partial charge on any atom is 0.136 e. The molecule has 0 radical (unpaired) electrons.